The summed E-state index contributed by atoms with van der Waals surface area (Å²) in [6.07, 6.45) is 1.35. The summed E-state index contributed by atoms with van der Waals surface area (Å²) in [6, 6.07) is 17.2. The lowest BCUT2D eigenvalue weighted by Crippen LogP contribution is -2.39. The standard InChI is InChI=1S/C28H29N3O4/c1-17-3-9-21(26(29)30-16-18-4-7-20(34-2)8-5-18)25(32)24(17)19-6-10-22-23(15-19)31-27(33)28(22)11-13-35-14-12-28/h3-10,15,32H,11-14,16H2,1-2H3,(H2,29,30)(H,31,33). The number of benzene rings is 3. The Balaban J connectivity index is 1.46. The van der Waals surface area contributed by atoms with Gasteiger partial charge in [0.05, 0.1) is 24.6 Å². The fourth-order valence-electron chi connectivity index (χ4n) is 5.06. The maximum Gasteiger partial charge on any atom is 0.235 e. The van der Waals surface area contributed by atoms with Crippen molar-refractivity contribution in [2.45, 2.75) is 31.7 Å². The van der Waals surface area contributed by atoms with Crippen molar-refractivity contribution in [3.8, 4) is 22.6 Å². The van der Waals surface area contributed by atoms with Crippen LogP contribution in [0.25, 0.3) is 11.1 Å². The quantitative estimate of drug-likeness (QED) is 0.380. The third-order valence-electron chi connectivity index (χ3n) is 7.11. The number of anilines is 1. The van der Waals surface area contributed by atoms with Crippen molar-refractivity contribution in [3.63, 3.8) is 0 Å². The molecule has 5 rings (SSSR count). The lowest BCUT2D eigenvalue weighted by molar-refractivity contribution is -0.124. The second kappa shape index (κ2) is 9.07. The summed E-state index contributed by atoms with van der Waals surface area (Å²) in [7, 11) is 1.63. The van der Waals surface area contributed by atoms with Crippen LogP contribution in [-0.2, 0) is 21.5 Å². The first-order chi connectivity index (χ1) is 16.9. The van der Waals surface area contributed by atoms with Gasteiger partial charge in [-0.25, -0.2) is 0 Å². The summed E-state index contributed by atoms with van der Waals surface area (Å²) in [5, 5.41) is 14.3. The van der Waals surface area contributed by atoms with Crippen molar-refractivity contribution < 1.29 is 19.4 Å². The van der Waals surface area contributed by atoms with Gasteiger partial charge in [-0.3, -0.25) is 9.79 Å². The minimum absolute atomic E-state index is 0.0255. The van der Waals surface area contributed by atoms with Gasteiger partial charge in [0, 0.05) is 24.5 Å². The number of aryl methyl sites for hydroxylation is 1. The van der Waals surface area contributed by atoms with E-state index in [1.54, 1.807) is 13.2 Å². The Morgan fingerprint density at radius 1 is 1.14 bits per heavy atom. The molecule has 2 aliphatic heterocycles. The molecule has 3 aromatic rings. The van der Waals surface area contributed by atoms with Crippen LogP contribution in [0.4, 0.5) is 5.69 Å². The van der Waals surface area contributed by atoms with Gasteiger partial charge in [0.15, 0.2) is 0 Å². The van der Waals surface area contributed by atoms with E-state index in [-0.39, 0.29) is 17.5 Å². The second-order valence-corrected chi connectivity index (χ2v) is 9.11. The molecule has 4 N–H and O–H groups in total. The van der Waals surface area contributed by atoms with E-state index in [2.05, 4.69) is 10.3 Å². The largest absolute Gasteiger partial charge is 0.507 e. The first kappa shape index (κ1) is 22.9. The van der Waals surface area contributed by atoms with E-state index >= 15 is 0 Å². The normalized spacial score (nSPS) is 16.7. The number of phenolic OH excluding ortho intramolecular Hbond substituents is 1. The Bertz CT molecular complexity index is 1310. The molecule has 0 atom stereocenters. The molecule has 3 aromatic carbocycles. The molecule has 0 aromatic heterocycles. The highest BCUT2D eigenvalue weighted by Crippen LogP contribution is 2.47. The molecular formula is C28H29N3O4. The predicted molar refractivity (Wildman–Crippen MR) is 136 cm³/mol. The van der Waals surface area contributed by atoms with Crippen molar-refractivity contribution in [1.29, 1.82) is 0 Å². The highest BCUT2D eigenvalue weighted by Gasteiger charge is 2.47. The van der Waals surface area contributed by atoms with Gasteiger partial charge in [0.1, 0.15) is 17.3 Å². The lowest BCUT2D eigenvalue weighted by Gasteiger charge is -2.31. The van der Waals surface area contributed by atoms with E-state index in [1.807, 2.05) is 55.5 Å². The van der Waals surface area contributed by atoms with Gasteiger partial charge in [-0.15, -0.1) is 0 Å². The van der Waals surface area contributed by atoms with Gasteiger partial charge >= 0.3 is 0 Å². The Kier molecular flexibility index (Phi) is 5.94. The van der Waals surface area contributed by atoms with Gasteiger partial charge in [-0.1, -0.05) is 30.3 Å². The zero-order valence-electron chi connectivity index (χ0n) is 19.9. The molecule has 0 unspecified atom stereocenters. The smallest absolute Gasteiger partial charge is 0.235 e. The number of rotatable bonds is 5. The number of nitrogens with two attached hydrogens (primary N) is 1. The molecule has 180 valence electrons. The van der Waals surface area contributed by atoms with Crippen LogP contribution >= 0.6 is 0 Å². The number of nitrogens with zero attached hydrogens (tertiary/aromatic N) is 1. The average Bonchev–Trinajstić information content (AvgIpc) is 3.13. The number of ether oxygens (including phenoxy) is 2. The van der Waals surface area contributed by atoms with Crippen LogP contribution in [0.3, 0.4) is 0 Å². The maximum absolute atomic E-state index is 12.9. The molecule has 1 amide bonds. The number of fused-ring (bicyclic) bond motifs is 2. The molecule has 1 spiro atoms. The molecule has 1 saturated heterocycles. The Morgan fingerprint density at radius 3 is 2.60 bits per heavy atom. The average molecular weight is 472 g/mol. The lowest BCUT2D eigenvalue weighted by atomic mass is 9.75. The monoisotopic (exact) mass is 471 g/mol. The molecule has 0 aliphatic carbocycles. The molecule has 7 heteroatoms. The number of hydrogen-bond donors (Lipinski definition) is 3. The highest BCUT2D eigenvalue weighted by atomic mass is 16.5. The van der Waals surface area contributed by atoms with E-state index in [0.717, 1.165) is 33.7 Å². The molecule has 0 bridgehead atoms. The van der Waals surface area contributed by atoms with Crippen LogP contribution < -0.4 is 15.8 Å². The fraction of sp³-hybridized carbons (Fsp3) is 0.286. The summed E-state index contributed by atoms with van der Waals surface area (Å²) >= 11 is 0. The zero-order chi connectivity index (χ0) is 24.6. The van der Waals surface area contributed by atoms with Crippen LogP contribution in [-0.4, -0.2) is 37.2 Å². The third-order valence-corrected chi connectivity index (χ3v) is 7.11. The van der Waals surface area contributed by atoms with Crippen LogP contribution in [0.5, 0.6) is 11.5 Å². The number of methoxy groups -OCH3 is 1. The SMILES string of the molecule is COc1ccc(CN=C(N)c2ccc(C)c(-c3ccc4c(c3)NC(=O)C43CCOCC3)c2O)cc1. The van der Waals surface area contributed by atoms with Crippen molar-refractivity contribution in [2.24, 2.45) is 10.7 Å². The number of hydrogen-bond acceptors (Lipinski definition) is 5. The third kappa shape index (κ3) is 4.02. The number of aromatic hydroxyl groups is 1. The van der Waals surface area contributed by atoms with Gasteiger partial charge in [-0.05, 0) is 66.3 Å². The summed E-state index contributed by atoms with van der Waals surface area (Å²) in [5.74, 6) is 1.14. The first-order valence-electron chi connectivity index (χ1n) is 11.7. The molecule has 7 nitrogen and oxygen atoms in total. The number of phenols is 1. The van der Waals surface area contributed by atoms with Crippen molar-refractivity contribution in [2.75, 3.05) is 25.6 Å². The fourth-order valence-corrected chi connectivity index (χ4v) is 5.06. The minimum atomic E-state index is -0.524. The van der Waals surface area contributed by atoms with Crippen LogP contribution in [0.2, 0.25) is 0 Å². The number of carbonyl (C=O) groups excluding carboxylic acids is 1. The summed E-state index contributed by atoms with van der Waals surface area (Å²) in [6.45, 7) is 3.47. The van der Waals surface area contributed by atoms with Gasteiger partial charge in [0.2, 0.25) is 5.91 Å². The number of carbonyl (C=O) groups is 1. The molecule has 0 radical (unpaired) electrons. The van der Waals surface area contributed by atoms with Crippen LogP contribution in [0.1, 0.15) is 35.1 Å². The molecule has 0 saturated carbocycles. The molecule has 2 aliphatic rings. The van der Waals surface area contributed by atoms with E-state index < -0.39 is 5.41 Å². The molecule has 35 heavy (non-hydrogen) atoms. The second-order valence-electron chi connectivity index (χ2n) is 9.11. The van der Waals surface area contributed by atoms with E-state index in [4.69, 9.17) is 15.2 Å². The summed E-state index contributed by atoms with van der Waals surface area (Å²) < 4.78 is 10.7. The van der Waals surface area contributed by atoms with Crippen molar-refractivity contribution >= 4 is 17.4 Å². The molecule has 1 fully saturated rings. The minimum Gasteiger partial charge on any atom is -0.507 e. The molecular weight excluding hydrogens is 442 g/mol. The van der Waals surface area contributed by atoms with Gasteiger partial charge < -0.3 is 25.6 Å². The summed E-state index contributed by atoms with van der Waals surface area (Å²) in [5.41, 5.74) is 11.4. The van der Waals surface area contributed by atoms with Crippen molar-refractivity contribution in [3.05, 3.63) is 76.9 Å². The van der Waals surface area contributed by atoms with Crippen molar-refractivity contribution in [1.82, 2.24) is 0 Å². The topological polar surface area (TPSA) is 106 Å². The van der Waals surface area contributed by atoms with E-state index in [0.29, 0.717) is 43.7 Å². The first-order valence-corrected chi connectivity index (χ1v) is 11.7. The number of amides is 1. The summed E-state index contributed by atoms with van der Waals surface area (Å²) in [4.78, 5) is 17.4. The Labute approximate surface area is 204 Å². The Hall–Kier alpha value is -3.84. The van der Waals surface area contributed by atoms with Crippen LogP contribution in [0.15, 0.2) is 59.6 Å². The highest BCUT2D eigenvalue weighted by molar-refractivity contribution is 6.07. The maximum atomic E-state index is 12.9. The Morgan fingerprint density at radius 2 is 1.89 bits per heavy atom. The van der Waals surface area contributed by atoms with E-state index in [9.17, 15) is 9.90 Å². The van der Waals surface area contributed by atoms with E-state index in [1.165, 1.54) is 0 Å². The predicted octanol–water partition coefficient (Wildman–Crippen LogP) is 4.28. The number of aliphatic imine (C=N–C) groups is 1. The van der Waals surface area contributed by atoms with Gasteiger partial charge in [-0.2, -0.15) is 0 Å². The number of nitrogens with one attached hydrogen (secondary N) is 1. The molecule has 2 heterocycles. The zero-order valence-corrected chi connectivity index (χ0v) is 19.9. The van der Waals surface area contributed by atoms with Gasteiger partial charge in [0.25, 0.3) is 0 Å². The van der Waals surface area contributed by atoms with Crippen LogP contribution in [0, 0.1) is 6.92 Å². The number of amidine groups is 1.